The largest absolute Gasteiger partial charge is 0.337 e. The Balaban J connectivity index is 1.42. The summed E-state index contributed by atoms with van der Waals surface area (Å²) in [6, 6.07) is 21.1. The molecule has 2 heterocycles. The van der Waals surface area contributed by atoms with E-state index in [0.29, 0.717) is 6.54 Å². The average molecular weight is 335 g/mol. The van der Waals surface area contributed by atoms with Crippen LogP contribution in [0.5, 0.6) is 0 Å². The van der Waals surface area contributed by atoms with E-state index in [2.05, 4.69) is 69.7 Å². The number of hydrogen-bond acceptors (Lipinski definition) is 3. The minimum Gasteiger partial charge on any atom is -0.337 e. The van der Waals surface area contributed by atoms with E-state index in [4.69, 9.17) is 0 Å². The molecule has 2 fully saturated rings. The molecule has 1 spiro atoms. The Morgan fingerprint density at radius 1 is 0.840 bits per heavy atom. The van der Waals surface area contributed by atoms with Gasteiger partial charge in [0.15, 0.2) is 0 Å². The number of hydrogen-bond donors (Lipinski definition) is 1. The first-order chi connectivity index (χ1) is 12.2. The van der Waals surface area contributed by atoms with Crippen molar-refractivity contribution >= 4 is 5.91 Å². The highest BCUT2D eigenvalue weighted by molar-refractivity contribution is 5.81. The Bertz CT molecular complexity index is 708. The number of rotatable bonds is 4. The first kappa shape index (κ1) is 16.3. The van der Waals surface area contributed by atoms with Gasteiger partial charge in [0.25, 0.3) is 0 Å². The topological polar surface area (TPSA) is 35.6 Å². The van der Waals surface area contributed by atoms with Crippen LogP contribution in [0, 0.1) is 0 Å². The third-order valence-electron chi connectivity index (χ3n) is 5.46. The molecule has 2 aliphatic rings. The maximum Gasteiger partial charge on any atom is 0.235 e. The van der Waals surface area contributed by atoms with E-state index in [-0.39, 0.29) is 11.6 Å². The standard InChI is InChI=1S/C21H25N3O/c25-20-17-24(16-19-9-5-2-6-10-19)21(22-20)11-13-23(14-12-21)15-18-7-3-1-4-8-18/h1-10H,11-17H2,(H,22,25). The molecule has 4 rings (SSSR count). The van der Waals surface area contributed by atoms with Crippen molar-refractivity contribution in [1.29, 1.82) is 0 Å². The fourth-order valence-corrected chi connectivity index (χ4v) is 4.08. The lowest BCUT2D eigenvalue weighted by molar-refractivity contribution is -0.119. The second-order valence-electron chi connectivity index (χ2n) is 7.18. The van der Waals surface area contributed by atoms with Gasteiger partial charge in [-0.3, -0.25) is 14.6 Å². The van der Waals surface area contributed by atoms with Crippen molar-refractivity contribution < 1.29 is 4.79 Å². The number of nitrogens with zero attached hydrogens (tertiary/aromatic N) is 2. The van der Waals surface area contributed by atoms with E-state index in [1.807, 2.05) is 6.07 Å². The second-order valence-corrected chi connectivity index (χ2v) is 7.18. The van der Waals surface area contributed by atoms with Gasteiger partial charge in [0, 0.05) is 26.2 Å². The van der Waals surface area contributed by atoms with Crippen LogP contribution in [0.25, 0.3) is 0 Å². The molecular weight excluding hydrogens is 310 g/mol. The van der Waals surface area contributed by atoms with Gasteiger partial charge in [-0.25, -0.2) is 0 Å². The van der Waals surface area contributed by atoms with Crippen LogP contribution in [-0.2, 0) is 17.9 Å². The molecule has 2 aromatic carbocycles. The molecule has 0 bridgehead atoms. The summed E-state index contributed by atoms with van der Waals surface area (Å²) in [5.74, 6) is 0.160. The molecule has 0 atom stereocenters. The number of benzene rings is 2. The molecule has 1 N–H and O–H groups in total. The van der Waals surface area contributed by atoms with Crippen molar-refractivity contribution in [3.63, 3.8) is 0 Å². The van der Waals surface area contributed by atoms with E-state index < -0.39 is 0 Å². The van der Waals surface area contributed by atoms with E-state index in [1.54, 1.807) is 0 Å². The lowest BCUT2D eigenvalue weighted by atomic mass is 9.95. The second kappa shape index (κ2) is 6.98. The van der Waals surface area contributed by atoms with Crippen LogP contribution >= 0.6 is 0 Å². The van der Waals surface area contributed by atoms with Crippen LogP contribution in [-0.4, -0.2) is 41.0 Å². The molecule has 0 saturated carbocycles. The summed E-state index contributed by atoms with van der Waals surface area (Å²) in [4.78, 5) is 17.0. The van der Waals surface area contributed by atoms with Crippen molar-refractivity contribution in [2.24, 2.45) is 0 Å². The van der Waals surface area contributed by atoms with Crippen molar-refractivity contribution in [3.8, 4) is 0 Å². The van der Waals surface area contributed by atoms with Gasteiger partial charge in [-0.05, 0) is 24.0 Å². The zero-order chi connectivity index (χ0) is 17.1. The van der Waals surface area contributed by atoms with Crippen molar-refractivity contribution in [3.05, 3.63) is 71.8 Å². The summed E-state index contributed by atoms with van der Waals surface area (Å²) >= 11 is 0. The number of nitrogens with one attached hydrogen (secondary N) is 1. The molecule has 4 nitrogen and oxygen atoms in total. The van der Waals surface area contributed by atoms with Crippen LogP contribution in [0.1, 0.15) is 24.0 Å². The monoisotopic (exact) mass is 335 g/mol. The Morgan fingerprint density at radius 3 is 2.00 bits per heavy atom. The zero-order valence-electron chi connectivity index (χ0n) is 14.5. The van der Waals surface area contributed by atoms with Gasteiger partial charge in [0.05, 0.1) is 12.2 Å². The van der Waals surface area contributed by atoms with Crippen LogP contribution in [0.3, 0.4) is 0 Å². The highest BCUT2D eigenvalue weighted by Gasteiger charge is 2.46. The quantitative estimate of drug-likeness (QED) is 0.933. The maximum atomic E-state index is 12.1. The fraction of sp³-hybridized carbons (Fsp3) is 0.381. The lowest BCUT2D eigenvalue weighted by Crippen LogP contribution is -2.57. The average Bonchev–Trinajstić information content (AvgIpc) is 2.94. The SMILES string of the molecule is O=C1CN(Cc2ccccc2)C2(CCN(Cc3ccccc3)CC2)N1. The van der Waals surface area contributed by atoms with Crippen LogP contribution < -0.4 is 5.32 Å². The van der Waals surface area contributed by atoms with Gasteiger partial charge in [0.1, 0.15) is 0 Å². The molecule has 0 radical (unpaired) electrons. The van der Waals surface area contributed by atoms with Gasteiger partial charge in [0.2, 0.25) is 5.91 Å². The van der Waals surface area contributed by atoms with Gasteiger partial charge >= 0.3 is 0 Å². The first-order valence-corrected chi connectivity index (χ1v) is 9.10. The molecular formula is C21H25N3O. The van der Waals surface area contributed by atoms with E-state index in [0.717, 1.165) is 39.0 Å². The number of carbonyl (C=O) groups is 1. The van der Waals surface area contributed by atoms with Crippen molar-refractivity contribution in [1.82, 2.24) is 15.1 Å². The summed E-state index contributed by atoms with van der Waals surface area (Å²) in [7, 11) is 0. The Morgan fingerprint density at radius 2 is 1.40 bits per heavy atom. The molecule has 25 heavy (non-hydrogen) atoms. The molecule has 0 aliphatic carbocycles. The van der Waals surface area contributed by atoms with Gasteiger partial charge in [-0.15, -0.1) is 0 Å². The molecule has 2 aromatic rings. The minimum atomic E-state index is -0.167. The van der Waals surface area contributed by atoms with Gasteiger partial charge in [-0.1, -0.05) is 60.7 Å². The number of carbonyl (C=O) groups excluding carboxylic acids is 1. The predicted octanol–water partition coefficient (Wildman–Crippen LogP) is 2.61. The van der Waals surface area contributed by atoms with E-state index >= 15 is 0 Å². The third-order valence-corrected chi connectivity index (χ3v) is 5.46. The molecule has 4 heteroatoms. The highest BCUT2D eigenvalue weighted by Crippen LogP contribution is 2.31. The van der Waals surface area contributed by atoms with Gasteiger partial charge < -0.3 is 5.32 Å². The normalized spacial score (nSPS) is 20.7. The number of piperidine rings is 1. The minimum absolute atomic E-state index is 0.160. The molecule has 130 valence electrons. The zero-order valence-corrected chi connectivity index (χ0v) is 14.5. The predicted molar refractivity (Wildman–Crippen MR) is 98.7 cm³/mol. The van der Waals surface area contributed by atoms with Crippen LogP contribution in [0.2, 0.25) is 0 Å². The van der Waals surface area contributed by atoms with Gasteiger partial charge in [-0.2, -0.15) is 0 Å². The van der Waals surface area contributed by atoms with Crippen LogP contribution in [0.15, 0.2) is 60.7 Å². The summed E-state index contributed by atoms with van der Waals surface area (Å²) < 4.78 is 0. The number of amides is 1. The third kappa shape index (κ3) is 3.60. The molecule has 0 aromatic heterocycles. The Kier molecular flexibility index (Phi) is 4.55. The molecule has 2 saturated heterocycles. The first-order valence-electron chi connectivity index (χ1n) is 9.10. The Hall–Kier alpha value is -2.17. The molecule has 2 aliphatic heterocycles. The summed E-state index contributed by atoms with van der Waals surface area (Å²) in [6.07, 6.45) is 1.97. The fourth-order valence-electron chi connectivity index (χ4n) is 4.08. The van der Waals surface area contributed by atoms with Crippen molar-refractivity contribution in [2.75, 3.05) is 19.6 Å². The van der Waals surface area contributed by atoms with Crippen molar-refractivity contribution in [2.45, 2.75) is 31.6 Å². The van der Waals surface area contributed by atoms with E-state index in [9.17, 15) is 4.79 Å². The summed E-state index contributed by atoms with van der Waals surface area (Å²) in [5.41, 5.74) is 2.46. The molecule has 1 amide bonds. The van der Waals surface area contributed by atoms with Crippen LogP contribution in [0.4, 0.5) is 0 Å². The lowest BCUT2D eigenvalue weighted by Gasteiger charge is -2.44. The maximum absolute atomic E-state index is 12.1. The van der Waals surface area contributed by atoms with E-state index in [1.165, 1.54) is 11.1 Å². The Labute approximate surface area is 149 Å². The summed E-state index contributed by atoms with van der Waals surface area (Å²) in [6.45, 7) is 4.36. The summed E-state index contributed by atoms with van der Waals surface area (Å²) in [5, 5.41) is 3.28. The highest BCUT2D eigenvalue weighted by atomic mass is 16.2. The smallest absolute Gasteiger partial charge is 0.235 e. The number of likely N-dealkylation sites (tertiary alicyclic amines) is 1. The molecule has 0 unspecified atom stereocenters.